The third kappa shape index (κ3) is 2.65. The molecule has 0 amide bonds. The first-order valence-corrected chi connectivity index (χ1v) is 4.65. The first kappa shape index (κ1) is 7.99. The molecule has 1 aliphatic heterocycles. The second-order valence-electron chi connectivity index (χ2n) is 2.91. The van der Waals surface area contributed by atoms with Crippen molar-refractivity contribution >= 4 is 11.8 Å². The van der Waals surface area contributed by atoms with Crippen LogP contribution in [0.3, 0.4) is 0 Å². The minimum atomic E-state index is 0.403. The van der Waals surface area contributed by atoms with Gasteiger partial charge in [0.1, 0.15) is 6.10 Å². The van der Waals surface area contributed by atoms with Gasteiger partial charge < -0.3 is 4.74 Å². The molecule has 0 N–H and O–H groups in total. The summed E-state index contributed by atoms with van der Waals surface area (Å²) in [5.74, 6) is 1.28. The van der Waals surface area contributed by atoms with Gasteiger partial charge >= 0.3 is 0 Å². The van der Waals surface area contributed by atoms with E-state index in [1.54, 1.807) is 0 Å². The summed E-state index contributed by atoms with van der Waals surface area (Å²) in [6.07, 6.45) is 2.25. The largest absolute Gasteiger partial charge is 0.497 e. The van der Waals surface area contributed by atoms with E-state index in [1.165, 1.54) is 11.3 Å². The van der Waals surface area contributed by atoms with Crippen molar-refractivity contribution < 1.29 is 4.74 Å². The van der Waals surface area contributed by atoms with Crippen molar-refractivity contribution in [3.63, 3.8) is 0 Å². The maximum Gasteiger partial charge on any atom is 0.108 e. The molecule has 2 unspecified atom stereocenters. The fraction of sp³-hybridized carbons (Fsp3) is 0.750. The van der Waals surface area contributed by atoms with Crippen molar-refractivity contribution in [2.24, 2.45) is 0 Å². The zero-order valence-electron chi connectivity index (χ0n) is 6.76. The normalized spacial score (nSPS) is 25.3. The number of rotatable bonds is 3. The third-order valence-corrected chi connectivity index (χ3v) is 2.50. The SMILES string of the molecule is CC(C)=COC(C)C1CS1. The van der Waals surface area contributed by atoms with Gasteiger partial charge in [-0.15, -0.1) is 0 Å². The highest BCUT2D eigenvalue weighted by molar-refractivity contribution is 8.06. The van der Waals surface area contributed by atoms with Crippen LogP contribution < -0.4 is 0 Å². The van der Waals surface area contributed by atoms with Crippen LogP contribution in [0.15, 0.2) is 11.8 Å². The molecule has 1 fully saturated rings. The van der Waals surface area contributed by atoms with Gasteiger partial charge in [0.2, 0.25) is 0 Å². The lowest BCUT2D eigenvalue weighted by Gasteiger charge is -2.08. The van der Waals surface area contributed by atoms with Gasteiger partial charge in [0.15, 0.2) is 0 Å². The van der Waals surface area contributed by atoms with Gasteiger partial charge in [0, 0.05) is 5.75 Å². The minimum absolute atomic E-state index is 0.403. The molecule has 1 nitrogen and oxygen atoms in total. The van der Waals surface area contributed by atoms with Crippen molar-refractivity contribution in [1.29, 1.82) is 0 Å². The van der Waals surface area contributed by atoms with E-state index in [-0.39, 0.29) is 0 Å². The minimum Gasteiger partial charge on any atom is -0.497 e. The van der Waals surface area contributed by atoms with Gasteiger partial charge in [-0.25, -0.2) is 0 Å². The first-order valence-electron chi connectivity index (χ1n) is 3.60. The molecule has 2 heteroatoms. The van der Waals surface area contributed by atoms with Gasteiger partial charge in [-0.2, -0.15) is 11.8 Å². The van der Waals surface area contributed by atoms with Crippen molar-refractivity contribution in [2.45, 2.75) is 32.1 Å². The highest BCUT2D eigenvalue weighted by Crippen LogP contribution is 2.34. The molecule has 1 rings (SSSR count). The van der Waals surface area contributed by atoms with E-state index in [4.69, 9.17) is 4.74 Å². The maximum absolute atomic E-state index is 5.44. The summed E-state index contributed by atoms with van der Waals surface area (Å²) in [6.45, 7) is 6.23. The Morgan fingerprint density at radius 1 is 1.70 bits per heavy atom. The van der Waals surface area contributed by atoms with Crippen LogP contribution in [0.1, 0.15) is 20.8 Å². The fourth-order valence-electron chi connectivity index (χ4n) is 0.658. The van der Waals surface area contributed by atoms with Gasteiger partial charge in [-0.05, 0) is 26.3 Å². The quantitative estimate of drug-likeness (QED) is 0.461. The Hall–Kier alpha value is -0.110. The molecular formula is C8H14OS. The second kappa shape index (κ2) is 3.33. The first-order chi connectivity index (χ1) is 4.70. The van der Waals surface area contributed by atoms with Gasteiger partial charge in [-0.3, -0.25) is 0 Å². The zero-order valence-corrected chi connectivity index (χ0v) is 7.57. The van der Waals surface area contributed by atoms with Crippen LogP contribution >= 0.6 is 11.8 Å². The summed E-state index contributed by atoms with van der Waals surface area (Å²) in [5.41, 5.74) is 1.23. The van der Waals surface area contributed by atoms with E-state index in [0.717, 1.165) is 5.25 Å². The lowest BCUT2D eigenvalue weighted by Crippen LogP contribution is -2.10. The van der Waals surface area contributed by atoms with Crippen LogP contribution in [-0.4, -0.2) is 17.1 Å². The summed E-state index contributed by atoms with van der Waals surface area (Å²) >= 11 is 1.97. The fourth-order valence-corrected chi connectivity index (χ4v) is 1.37. The lowest BCUT2D eigenvalue weighted by atomic mass is 10.3. The van der Waals surface area contributed by atoms with Gasteiger partial charge in [-0.1, -0.05) is 0 Å². The Morgan fingerprint density at radius 2 is 2.30 bits per heavy atom. The molecule has 0 radical (unpaired) electrons. The third-order valence-electron chi connectivity index (χ3n) is 1.40. The molecule has 0 bridgehead atoms. The summed E-state index contributed by atoms with van der Waals surface area (Å²) in [7, 11) is 0. The number of ether oxygens (including phenoxy) is 1. The van der Waals surface area contributed by atoms with Crippen molar-refractivity contribution in [2.75, 3.05) is 5.75 Å². The number of allylic oxidation sites excluding steroid dienone is 1. The highest BCUT2D eigenvalue weighted by Gasteiger charge is 2.29. The molecular weight excluding hydrogens is 144 g/mol. The molecule has 0 aromatic heterocycles. The van der Waals surface area contributed by atoms with Crippen LogP contribution in [0, 0.1) is 0 Å². The van der Waals surface area contributed by atoms with Crippen molar-refractivity contribution in [1.82, 2.24) is 0 Å². The van der Waals surface area contributed by atoms with Gasteiger partial charge in [0.05, 0.1) is 11.5 Å². The summed E-state index contributed by atoms with van der Waals surface area (Å²) < 4.78 is 5.44. The van der Waals surface area contributed by atoms with Crippen LogP contribution in [0.5, 0.6) is 0 Å². The van der Waals surface area contributed by atoms with E-state index in [1.807, 2.05) is 31.9 Å². The molecule has 1 heterocycles. The van der Waals surface area contributed by atoms with Crippen molar-refractivity contribution in [3.8, 4) is 0 Å². The zero-order chi connectivity index (χ0) is 7.56. The molecule has 1 saturated heterocycles. The standard InChI is InChI=1S/C8H14OS/c1-6(2)4-9-7(3)8-5-10-8/h4,7-8H,5H2,1-3H3. The summed E-state index contributed by atoms with van der Waals surface area (Å²) in [5, 5.41) is 0.760. The molecule has 58 valence electrons. The highest BCUT2D eigenvalue weighted by atomic mass is 32.2. The molecule has 0 aromatic rings. The average molecular weight is 158 g/mol. The molecule has 1 aliphatic rings. The smallest absolute Gasteiger partial charge is 0.108 e. The predicted octanol–water partition coefficient (Wildman–Crippen LogP) is 2.43. The molecule has 0 spiro atoms. The van der Waals surface area contributed by atoms with Crippen LogP contribution in [0.25, 0.3) is 0 Å². The Kier molecular flexibility index (Phi) is 2.66. The molecule has 2 atom stereocenters. The van der Waals surface area contributed by atoms with E-state index in [2.05, 4.69) is 6.92 Å². The topological polar surface area (TPSA) is 9.23 Å². The summed E-state index contributed by atoms with van der Waals surface area (Å²) in [4.78, 5) is 0. The Bertz CT molecular complexity index is 134. The average Bonchev–Trinajstić information content (AvgIpc) is 2.63. The molecule has 0 saturated carbocycles. The Labute approximate surface area is 66.8 Å². The number of hydrogen-bond donors (Lipinski definition) is 0. The Balaban J connectivity index is 2.17. The molecule has 0 aromatic carbocycles. The monoisotopic (exact) mass is 158 g/mol. The Morgan fingerprint density at radius 3 is 2.70 bits per heavy atom. The van der Waals surface area contributed by atoms with E-state index in [9.17, 15) is 0 Å². The van der Waals surface area contributed by atoms with Crippen molar-refractivity contribution in [3.05, 3.63) is 11.8 Å². The second-order valence-corrected chi connectivity index (χ2v) is 4.18. The van der Waals surface area contributed by atoms with E-state index >= 15 is 0 Å². The van der Waals surface area contributed by atoms with Gasteiger partial charge in [0.25, 0.3) is 0 Å². The lowest BCUT2D eigenvalue weighted by molar-refractivity contribution is 0.167. The van der Waals surface area contributed by atoms with Crippen LogP contribution in [0.4, 0.5) is 0 Å². The van der Waals surface area contributed by atoms with E-state index < -0.39 is 0 Å². The summed E-state index contributed by atoms with van der Waals surface area (Å²) in [6, 6.07) is 0. The molecule has 10 heavy (non-hydrogen) atoms. The number of thioether (sulfide) groups is 1. The number of hydrogen-bond acceptors (Lipinski definition) is 2. The van der Waals surface area contributed by atoms with E-state index in [0.29, 0.717) is 6.10 Å². The van der Waals surface area contributed by atoms with Crippen LogP contribution in [0.2, 0.25) is 0 Å². The predicted molar refractivity (Wildman–Crippen MR) is 46.2 cm³/mol. The maximum atomic E-state index is 5.44. The molecule has 0 aliphatic carbocycles. The van der Waals surface area contributed by atoms with Crippen LogP contribution in [-0.2, 0) is 4.74 Å².